The lowest BCUT2D eigenvalue weighted by Gasteiger charge is -2.21. The van der Waals surface area contributed by atoms with E-state index in [1.54, 1.807) is 31.1 Å². The Balaban J connectivity index is 0.00000484. The van der Waals surface area contributed by atoms with Gasteiger partial charge in [0.2, 0.25) is 10.0 Å². The first-order valence-electron chi connectivity index (χ1n) is 7.20. The molecule has 0 aromatic heterocycles. The van der Waals surface area contributed by atoms with Crippen LogP contribution in [0.25, 0.3) is 0 Å². The summed E-state index contributed by atoms with van der Waals surface area (Å²) in [4.78, 5) is 14.0. The molecular formula is C15H26ClN3O3S. The summed E-state index contributed by atoms with van der Waals surface area (Å²) in [6.07, 6.45) is 0. The van der Waals surface area contributed by atoms with Gasteiger partial charge >= 0.3 is 0 Å². The Kier molecular flexibility index (Phi) is 8.76. The van der Waals surface area contributed by atoms with Gasteiger partial charge in [-0.1, -0.05) is 0 Å². The van der Waals surface area contributed by atoms with Crippen LogP contribution in [0.4, 0.5) is 0 Å². The van der Waals surface area contributed by atoms with Gasteiger partial charge in [0.15, 0.2) is 0 Å². The topological polar surface area (TPSA) is 69.7 Å². The number of carbonyl (C=O) groups is 1. The molecule has 1 N–H and O–H groups in total. The predicted octanol–water partition coefficient (Wildman–Crippen LogP) is 1.43. The lowest BCUT2D eigenvalue weighted by molar-refractivity contribution is 0.0796. The zero-order valence-electron chi connectivity index (χ0n) is 14.2. The second-order valence-corrected chi connectivity index (χ2v) is 7.47. The molecule has 1 aromatic carbocycles. The first kappa shape index (κ1) is 21.9. The van der Waals surface area contributed by atoms with Crippen LogP contribution < -0.4 is 5.32 Å². The third kappa shape index (κ3) is 5.46. The van der Waals surface area contributed by atoms with Crippen LogP contribution in [0.2, 0.25) is 0 Å². The van der Waals surface area contributed by atoms with E-state index >= 15 is 0 Å². The molecule has 0 aliphatic heterocycles. The number of rotatable bonds is 7. The van der Waals surface area contributed by atoms with Crippen LogP contribution in [0.3, 0.4) is 0 Å². The first-order chi connectivity index (χ1) is 10.2. The lowest BCUT2D eigenvalue weighted by atomic mass is 10.2. The van der Waals surface area contributed by atoms with Crippen molar-refractivity contribution < 1.29 is 13.2 Å². The summed E-state index contributed by atoms with van der Waals surface area (Å²) in [5.41, 5.74) is 0.477. The van der Waals surface area contributed by atoms with Crippen molar-refractivity contribution in [1.29, 1.82) is 0 Å². The highest BCUT2D eigenvalue weighted by Crippen LogP contribution is 2.17. The highest BCUT2D eigenvalue weighted by molar-refractivity contribution is 7.89. The van der Waals surface area contributed by atoms with Gasteiger partial charge in [0.25, 0.3) is 5.91 Å². The molecule has 0 fully saturated rings. The Labute approximate surface area is 145 Å². The van der Waals surface area contributed by atoms with Crippen molar-refractivity contribution in [2.75, 3.05) is 34.2 Å². The summed E-state index contributed by atoms with van der Waals surface area (Å²) in [6, 6.07) is 5.94. The minimum atomic E-state index is -3.52. The number of carbonyl (C=O) groups excluding carboxylic acids is 1. The fourth-order valence-electron chi connectivity index (χ4n) is 1.81. The van der Waals surface area contributed by atoms with Crippen molar-refractivity contribution in [3.05, 3.63) is 29.8 Å². The lowest BCUT2D eigenvalue weighted by Crippen LogP contribution is -2.33. The summed E-state index contributed by atoms with van der Waals surface area (Å²) in [6.45, 7) is 4.91. The molecule has 0 spiro atoms. The van der Waals surface area contributed by atoms with Crippen LogP contribution in [-0.2, 0) is 10.0 Å². The number of benzene rings is 1. The van der Waals surface area contributed by atoms with Gasteiger partial charge in [-0.2, -0.15) is 4.31 Å². The highest BCUT2D eigenvalue weighted by Gasteiger charge is 2.23. The number of hydrogen-bond acceptors (Lipinski definition) is 4. The Bertz CT molecular complexity index is 603. The summed E-state index contributed by atoms with van der Waals surface area (Å²) in [7, 11) is 1.57. The first-order valence-corrected chi connectivity index (χ1v) is 8.64. The Morgan fingerprint density at radius 3 is 2.13 bits per heavy atom. The average molecular weight is 364 g/mol. The van der Waals surface area contributed by atoms with E-state index in [0.29, 0.717) is 18.7 Å². The van der Waals surface area contributed by atoms with Crippen molar-refractivity contribution >= 4 is 28.3 Å². The molecule has 23 heavy (non-hydrogen) atoms. The van der Waals surface area contributed by atoms with E-state index in [-0.39, 0.29) is 29.3 Å². The third-order valence-electron chi connectivity index (χ3n) is 3.55. The molecule has 132 valence electrons. The van der Waals surface area contributed by atoms with Crippen LogP contribution in [0.5, 0.6) is 0 Å². The van der Waals surface area contributed by atoms with Crippen molar-refractivity contribution in [2.45, 2.75) is 24.8 Å². The standard InChI is InChI=1S/C15H25N3O3S.ClH/c1-12(2)18(5)22(20,21)14-8-6-13(7-9-14)15(19)17(4)11-10-16-3;/h6-9,12,16H,10-11H2,1-5H3;1H. The van der Waals surface area contributed by atoms with E-state index < -0.39 is 10.0 Å². The minimum Gasteiger partial charge on any atom is -0.340 e. The van der Waals surface area contributed by atoms with E-state index in [1.807, 2.05) is 20.9 Å². The Hall–Kier alpha value is -1.15. The fourth-order valence-corrected chi connectivity index (χ4v) is 3.18. The molecule has 0 atom stereocenters. The normalized spacial score (nSPS) is 11.4. The zero-order chi connectivity index (χ0) is 16.9. The SMILES string of the molecule is CNCCN(C)C(=O)c1ccc(S(=O)(=O)N(C)C(C)C)cc1.Cl. The molecule has 0 saturated carbocycles. The molecule has 0 bridgehead atoms. The third-order valence-corrected chi connectivity index (χ3v) is 5.60. The van der Waals surface area contributed by atoms with Gasteiger partial charge in [-0.05, 0) is 45.2 Å². The van der Waals surface area contributed by atoms with Crippen molar-refractivity contribution in [1.82, 2.24) is 14.5 Å². The minimum absolute atomic E-state index is 0. The zero-order valence-corrected chi connectivity index (χ0v) is 15.9. The number of amides is 1. The summed E-state index contributed by atoms with van der Waals surface area (Å²) < 4.78 is 26.0. The number of nitrogens with zero attached hydrogens (tertiary/aromatic N) is 2. The molecule has 0 aliphatic rings. The van der Waals surface area contributed by atoms with Gasteiger partial charge in [-0.3, -0.25) is 4.79 Å². The van der Waals surface area contributed by atoms with Gasteiger partial charge < -0.3 is 10.2 Å². The molecular weight excluding hydrogens is 338 g/mol. The molecule has 1 rings (SSSR count). The van der Waals surface area contributed by atoms with Gasteiger partial charge in [0, 0.05) is 38.8 Å². The summed E-state index contributed by atoms with van der Waals surface area (Å²) >= 11 is 0. The Morgan fingerprint density at radius 2 is 1.70 bits per heavy atom. The molecule has 0 aliphatic carbocycles. The average Bonchev–Trinajstić information content (AvgIpc) is 2.50. The number of sulfonamides is 1. The van der Waals surface area contributed by atoms with Crippen molar-refractivity contribution in [3.8, 4) is 0 Å². The van der Waals surface area contributed by atoms with E-state index in [0.717, 1.165) is 0 Å². The van der Waals surface area contributed by atoms with Crippen molar-refractivity contribution in [3.63, 3.8) is 0 Å². The maximum atomic E-state index is 12.4. The van der Waals surface area contributed by atoms with Crippen LogP contribution >= 0.6 is 12.4 Å². The van der Waals surface area contributed by atoms with Gasteiger partial charge in [0.05, 0.1) is 4.90 Å². The van der Waals surface area contributed by atoms with Gasteiger partial charge in [-0.25, -0.2) is 8.42 Å². The van der Waals surface area contributed by atoms with Crippen LogP contribution in [0, 0.1) is 0 Å². The van der Waals surface area contributed by atoms with E-state index in [2.05, 4.69) is 5.32 Å². The number of nitrogens with one attached hydrogen (secondary N) is 1. The predicted molar refractivity (Wildman–Crippen MR) is 94.7 cm³/mol. The maximum Gasteiger partial charge on any atom is 0.253 e. The van der Waals surface area contributed by atoms with Crippen LogP contribution in [-0.4, -0.2) is 63.8 Å². The fraction of sp³-hybridized carbons (Fsp3) is 0.533. The monoisotopic (exact) mass is 363 g/mol. The van der Waals surface area contributed by atoms with Crippen LogP contribution in [0.1, 0.15) is 24.2 Å². The number of halogens is 1. The molecule has 1 amide bonds. The summed E-state index contributed by atoms with van der Waals surface area (Å²) in [5, 5.41) is 2.98. The smallest absolute Gasteiger partial charge is 0.253 e. The second kappa shape index (κ2) is 9.22. The maximum absolute atomic E-state index is 12.4. The van der Waals surface area contributed by atoms with Gasteiger partial charge in [0.1, 0.15) is 0 Å². The van der Waals surface area contributed by atoms with E-state index in [1.165, 1.54) is 16.4 Å². The van der Waals surface area contributed by atoms with Crippen molar-refractivity contribution in [2.24, 2.45) is 0 Å². The molecule has 6 nitrogen and oxygen atoms in total. The molecule has 0 unspecified atom stereocenters. The molecule has 0 saturated heterocycles. The van der Waals surface area contributed by atoms with Crippen LogP contribution in [0.15, 0.2) is 29.2 Å². The Morgan fingerprint density at radius 1 is 1.17 bits per heavy atom. The number of hydrogen-bond donors (Lipinski definition) is 1. The molecule has 0 radical (unpaired) electrons. The molecule has 0 heterocycles. The highest BCUT2D eigenvalue weighted by atomic mass is 35.5. The largest absolute Gasteiger partial charge is 0.340 e. The van der Waals surface area contributed by atoms with E-state index in [9.17, 15) is 13.2 Å². The molecule has 1 aromatic rings. The van der Waals surface area contributed by atoms with Gasteiger partial charge in [-0.15, -0.1) is 12.4 Å². The summed E-state index contributed by atoms with van der Waals surface area (Å²) in [5.74, 6) is -0.128. The second-order valence-electron chi connectivity index (χ2n) is 5.47. The van der Waals surface area contributed by atoms with E-state index in [4.69, 9.17) is 0 Å². The molecule has 8 heteroatoms. The number of likely N-dealkylation sites (N-methyl/N-ethyl adjacent to an activating group) is 2. The quantitative estimate of drug-likeness (QED) is 0.795.